The Bertz CT molecular complexity index is 1250. The maximum Gasteiger partial charge on any atom is 0.246 e. The number of likely N-dealkylation sites (N-methyl/N-ethyl adjacent to an activating group) is 2. The molecule has 0 aliphatic carbocycles. The maximum atomic E-state index is 12.5. The zero-order valence-electron chi connectivity index (χ0n) is 25.1. The van der Waals surface area contributed by atoms with Crippen LogP contribution in [-0.4, -0.2) is 84.2 Å². The highest BCUT2D eigenvalue weighted by molar-refractivity contribution is 5.92. The van der Waals surface area contributed by atoms with Crippen molar-refractivity contribution < 1.29 is 14.4 Å². The zero-order valence-corrected chi connectivity index (χ0v) is 25.1. The van der Waals surface area contributed by atoms with Crippen LogP contribution in [0.2, 0.25) is 0 Å². The molecule has 41 heavy (non-hydrogen) atoms. The molecule has 10 heteroatoms. The molecule has 1 atom stereocenters. The van der Waals surface area contributed by atoms with Crippen LogP contribution < -0.4 is 16.0 Å². The molecule has 0 bridgehead atoms. The lowest BCUT2D eigenvalue weighted by molar-refractivity contribution is -0.135. The Morgan fingerprint density at radius 2 is 1.83 bits per heavy atom. The van der Waals surface area contributed by atoms with E-state index < -0.39 is 6.04 Å². The van der Waals surface area contributed by atoms with Crippen molar-refractivity contribution in [2.75, 3.05) is 51.4 Å². The van der Waals surface area contributed by atoms with Crippen molar-refractivity contribution in [2.45, 2.75) is 52.5 Å². The van der Waals surface area contributed by atoms with Crippen molar-refractivity contribution in [3.63, 3.8) is 0 Å². The van der Waals surface area contributed by atoms with Crippen LogP contribution in [0.5, 0.6) is 0 Å². The Kier molecular flexibility index (Phi) is 14.0. The Morgan fingerprint density at radius 3 is 2.49 bits per heavy atom. The van der Waals surface area contributed by atoms with Crippen LogP contribution >= 0.6 is 0 Å². The van der Waals surface area contributed by atoms with Crippen molar-refractivity contribution in [1.29, 1.82) is 0 Å². The van der Waals surface area contributed by atoms with E-state index in [2.05, 4.69) is 44.7 Å². The fourth-order valence-electron chi connectivity index (χ4n) is 3.58. The van der Waals surface area contributed by atoms with E-state index in [0.29, 0.717) is 49.7 Å². The molecular weight excluding hydrogens is 518 g/mol. The lowest BCUT2D eigenvalue weighted by Crippen LogP contribution is -2.45. The number of rotatable bonds is 15. The Labute approximate surface area is 244 Å². The Morgan fingerprint density at radius 1 is 1.10 bits per heavy atom. The van der Waals surface area contributed by atoms with Crippen molar-refractivity contribution in [2.24, 2.45) is 0 Å². The van der Waals surface area contributed by atoms with Gasteiger partial charge in [0.1, 0.15) is 17.6 Å². The van der Waals surface area contributed by atoms with Crippen molar-refractivity contribution >= 4 is 35.1 Å². The summed E-state index contributed by atoms with van der Waals surface area (Å²) in [5.74, 6) is 7.08. The van der Waals surface area contributed by atoms with Crippen molar-refractivity contribution in [3.05, 3.63) is 53.7 Å². The van der Waals surface area contributed by atoms with Gasteiger partial charge in [0.15, 0.2) is 0 Å². The first kappa shape index (κ1) is 33.0. The molecule has 1 heterocycles. The fraction of sp³-hybridized carbons (Fsp3) is 0.452. The van der Waals surface area contributed by atoms with Crippen molar-refractivity contribution in [1.82, 2.24) is 25.1 Å². The summed E-state index contributed by atoms with van der Waals surface area (Å²) in [5.41, 5.74) is 2.48. The van der Waals surface area contributed by atoms with Gasteiger partial charge in [0.05, 0.1) is 11.8 Å². The summed E-state index contributed by atoms with van der Waals surface area (Å²) in [5, 5.41) is 9.38. The first-order valence-electron chi connectivity index (χ1n) is 13.9. The van der Waals surface area contributed by atoms with E-state index in [9.17, 15) is 14.4 Å². The highest BCUT2D eigenvalue weighted by Crippen LogP contribution is 2.18. The highest BCUT2D eigenvalue weighted by Gasteiger charge is 2.20. The minimum absolute atomic E-state index is 0.122. The van der Waals surface area contributed by atoms with Gasteiger partial charge in [0.25, 0.3) is 0 Å². The number of aromatic nitrogens is 2. The number of Topliss-reactive ketones (excluding diaryl/α,β-unsaturated/α-hetero) is 1. The molecule has 2 rings (SSSR count). The van der Waals surface area contributed by atoms with Gasteiger partial charge in [-0.05, 0) is 58.5 Å². The van der Waals surface area contributed by atoms with Gasteiger partial charge >= 0.3 is 0 Å². The smallest absolute Gasteiger partial charge is 0.246 e. The predicted octanol–water partition coefficient (Wildman–Crippen LogP) is 3.39. The molecule has 220 valence electrons. The minimum Gasteiger partial charge on any atom is -0.369 e. The van der Waals surface area contributed by atoms with Gasteiger partial charge in [-0.15, -0.1) is 0 Å². The number of hydrogen-bond donors (Lipinski definition) is 3. The summed E-state index contributed by atoms with van der Waals surface area (Å²) < 4.78 is 0. The van der Waals surface area contributed by atoms with Gasteiger partial charge in [-0.3, -0.25) is 14.4 Å². The van der Waals surface area contributed by atoms with Gasteiger partial charge in [-0.1, -0.05) is 37.0 Å². The molecule has 0 aliphatic heterocycles. The molecule has 0 radical (unpaired) electrons. The minimum atomic E-state index is -0.576. The molecule has 0 unspecified atom stereocenters. The third kappa shape index (κ3) is 12.2. The quantitative estimate of drug-likeness (QED) is 0.172. The Hall–Kier alpha value is -4.23. The molecular formula is C31H43N7O3. The normalized spacial score (nSPS) is 11.5. The van der Waals surface area contributed by atoms with E-state index in [1.807, 2.05) is 43.3 Å². The zero-order chi connectivity index (χ0) is 30.2. The second-order valence-corrected chi connectivity index (χ2v) is 10.1. The number of nitrogens with zero attached hydrogens (tertiary/aromatic N) is 4. The molecule has 0 saturated carbocycles. The summed E-state index contributed by atoms with van der Waals surface area (Å²) >= 11 is 0. The van der Waals surface area contributed by atoms with Gasteiger partial charge in [-0.25, -0.2) is 4.98 Å². The number of anilines is 3. The number of nitrogens with one attached hydrogen (secondary N) is 3. The first-order chi connectivity index (χ1) is 19.6. The summed E-state index contributed by atoms with van der Waals surface area (Å²) in [7, 11) is 5.46. The lowest BCUT2D eigenvalue weighted by Gasteiger charge is -2.23. The van der Waals surface area contributed by atoms with Crippen LogP contribution in [0.1, 0.15) is 51.2 Å². The third-order valence-corrected chi connectivity index (χ3v) is 6.03. The van der Waals surface area contributed by atoms with Crippen LogP contribution in [0.4, 0.5) is 17.5 Å². The molecule has 1 aromatic heterocycles. The average Bonchev–Trinajstić information content (AvgIpc) is 2.94. The van der Waals surface area contributed by atoms with Gasteiger partial charge in [0, 0.05) is 51.3 Å². The van der Waals surface area contributed by atoms with Crippen LogP contribution in [0.15, 0.2) is 42.6 Å². The SMILES string of the molecule is CCCNc1nc(Nc2ccc(CC(C)=O)cc2)ncc1C#CCCCNC(=O)[C@H](C)N(C)C(=O)/C=C/CN(C)C. The standard InChI is InChI=1S/C31H43N7O3/c1-7-18-32-29-26(22-34-31(36-29)35-27-16-14-25(15-17-27)21-23(2)39)12-9-8-10-19-33-30(41)24(3)38(6)28(40)13-11-20-37(4)5/h11,13-17,22,24H,7-8,10,18-21H2,1-6H3,(H,33,41)(H2,32,34,35,36)/b13-11+/t24-/m0/s1. The van der Waals surface area contributed by atoms with E-state index in [-0.39, 0.29) is 17.6 Å². The predicted molar refractivity (Wildman–Crippen MR) is 164 cm³/mol. The van der Waals surface area contributed by atoms with E-state index in [0.717, 1.165) is 24.2 Å². The van der Waals surface area contributed by atoms with Gasteiger partial charge in [-0.2, -0.15) is 4.98 Å². The average molecular weight is 562 g/mol. The molecule has 0 saturated heterocycles. The number of carbonyl (C=O) groups is 3. The van der Waals surface area contributed by atoms with Crippen LogP contribution in [-0.2, 0) is 20.8 Å². The monoisotopic (exact) mass is 561 g/mol. The second-order valence-electron chi connectivity index (χ2n) is 10.1. The molecule has 2 aromatic rings. The summed E-state index contributed by atoms with van der Waals surface area (Å²) in [4.78, 5) is 48.5. The maximum absolute atomic E-state index is 12.5. The molecule has 2 amide bonds. The first-order valence-corrected chi connectivity index (χ1v) is 13.9. The number of ketones is 1. The van der Waals surface area contributed by atoms with Crippen LogP contribution in [0.3, 0.4) is 0 Å². The van der Waals surface area contributed by atoms with E-state index >= 15 is 0 Å². The van der Waals surface area contributed by atoms with E-state index in [1.54, 1.807) is 33.2 Å². The summed E-state index contributed by atoms with van der Waals surface area (Å²) in [6.45, 7) is 7.22. The lowest BCUT2D eigenvalue weighted by atomic mass is 10.1. The van der Waals surface area contributed by atoms with Crippen molar-refractivity contribution in [3.8, 4) is 11.8 Å². The van der Waals surface area contributed by atoms with E-state index in [1.165, 1.54) is 11.0 Å². The molecule has 3 N–H and O–H groups in total. The summed E-state index contributed by atoms with van der Waals surface area (Å²) in [6, 6.07) is 7.03. The Balaban J connectivity index is 1.89. The molecule has 1 aromatic carbocycles. The van der Waals surface area contributed by atoms with E-state index in [4.69, 9.17) is 0 Å². The highest BCUT2D eigenvalue weighted by atomic mass is 16.2. The summed E-state index contributed by atoms with van der Waals surface area (Å²) in [6.07, 6.45) is 7.55. The van der Waals surface area contributed by atoms with Gasteiger partial charge in [0.2, 0.25) is 17.8 Å². The fourth-order valence-corrected chi connectivity index (χ4v) is 3.58. The number of hydrogen-bond acceptors (Lipinski definition) is 8. The topological polar surface area (TPSA) is 120 Å². The molecule has 0 spiro atoms. The third-order valence-electron chi connectivity index (χ3n) is 6.03. The molecule has 0 aliphatic rings. The van der Waals surface area contributed by atoms with Crippen LogP contribution in [0, 0.1) is 11.8 Å². The van der Waals surface area contributed by atoms with Gasteiger partial charge < -0.3 is 25.8 Å². The largest absolute Gasteiger partial charge is 0.369 e. The second kappa shape index (κ2) is 17.5. The van der Waals surface area contributed by atoms with Crippen LogP contribution in [0.25, 0.3) is 0 Å². The number of unbranched alkanes of at least 4 members (excludes halogenated alkanes) is 1. The number of benzene rings is 1. The molecule has 0 fully saturated rings. The number of carbonyl (C=O) groups excluding carboxylic acids is 3. The number of amides is 2. The molecule has 10 nitrogen and oxygen atoms in total.